The van der Waals surface area contributed by atoms with Crippen LogP contribution in [0.3, 0.4) is 0 Å². The second-order valence-corrected chi connectivity index (χ2v) is 4.48. The normalized spacial score (nSPS) is 10.8. The smallest absolute Gasteiger partial charge is 0.268 e. The molecular weight excluding hydrogens is 240 g/mol. The zero-order valence-corrected chi connectivity index (χ0v) is 10.6. The molecule has 4 heteroatoms. The molecular formula is C15H14N2O2. The maximum atomic E-state index is 12.0. The molecule has 19 heavy (non-hydrogen) atoms. The number of rotatable bonds is 3. The second-order valence-electron chi connectivity index (χ2n) is 4.48. The Balaban J connectivity index is 1.80. The van der Waals surface area contributed by atoms with Gasteiger partial charge in [-0.25, -0.2) is 0 Å². The molecule has 0 aliphatic carbocycles. The highest BCUT2D eigenvalue weighted by molar-refractivity contribution is 5.98. The number of fused-ring (bicyclic) bond motifs is 1. The number of H-pyrrole nitrogens is 1. The zero-order chi connectivity index (χ0) is 13.2. The van der Waals surface area contributed by atoms with E-state index in [-0.39, 0.29) is 5.91 Å². The number of carbonyl (C=O) groups excluding carboxylic acids is 1. The Hall–Kier alpha value is -2.49. The molecule has 1 aromatic carbocycles. The van der Waals surface area contributed by atoms with Gasteiger partial charge in [0.25, 0.3) is 5.91 Å². The molecule has 4 nitrogen and oxygen atoms in total. The van der Waals surface area contributed by atoms with E-state index < -0.39 is 0 Å². The molecule has 2 aromatic heterocycles. The highest BCUT2D eigenvalue weighted by atomic mass is 16.3. The molecule has 0 spiro atoms. The van der Waals surface area contributed by atoms with E-state index in [4.69, 9.17) is 4.42 Å². The number of hydrogen-bond donors (Lipinski definition) is 2. The van der Waals surface area contributed by atoms with E-state index in [9.17, 15) is 4.79 Å². The summed E-state index contributed by atoms with van der Waals surface area (Å²) in [6, 6.07) is 11.5. The number of benzene rings is 1. The SMILES string of the molecule is Cc1cccc2cc(C(=O)NCc3ccco3)[nH]c12. The molecule has 0 saturated carbocycles. The number of hydrogen-bond acceptors (Lipinski definition) is 2. The van der Waals surface area contributed by atoms with Crippen LogP contribution in [0, 0.1) is 6.92 Å². The van der Waals surface area contributed by atoms with Crippen LogP contribution in [-0.4, -0.2) is 10.9 Å². The zero-order valence-electron chi connectivity index (χ0n) is 10.6. The van der Waals surface area contributed by atoms with Crippen molar-refractivity contribution in [3.05, 3.63) is 59.7 Å². The summed E-state index contributed by atoms with van der Waals surface area (Å²) < 4.78 is 5.17. The lowest BCUT2D eigenvalue weighted by Gasteiger charge is -2.00. The van der Waals surface area contributed by atoms with Crippen LogP contribution in [-0.2, 0) is 6.54 Å². The van der Waals surface area contributed by atoms with E-state index in [1.165, 1.54) is 0 Å². The standard InChI is InChI=1S/C15H14N2O2/c1-10-4-2-5-11-8-13(17-14(10)11)15(18)16-9-12-6-3-7-19-12/h2-8,17H,9H2,1H3,(H,16,18). The van der Waals surface area contributed by atoms with Gasteiger partial charge in [-0.15, -0.1) is 0 Å². The first-order valence-electron chi connectivity index (χ1n) is 6.13. The minimum absolute atomic E-state index is 0.132. The van der Waals surface area contributed by atoms with Crippen molar-refractivity contribution in [3.63, 3.8) is 0 Å². The Morgan fingerprint density at radius 3 is 2.95 bits per heavy atom. The molecule has 0 fully saturated rings. The van der Waals surface area contributed by atoms with Crippen LogP contribution < -0.4 is 5.32 Å². The molecule has 0 saturated heterocycles. The van der Waals surface area contributed by atoms with Gasteiger partial charge in [-0.1, -0.05) is 18.2 Å². The average Bonchev–Trinajstić information content (AvgIpc) is 3.05. The quantitative estimate of drug-likeness (QED) is 0.754. The summed E-state index contributed by atoms with van der Waals surface area (Å²) in [5.41, 5.74) is 2.70. The molecule has 3 rings (SSSR count). The lowest BCUT2D eigenvalue weighted by molar-refractivity contribution is 0.0944. The van der Waals surface area contributed by atoms with Crippen LogP contribution in [0.1, 0.15) is 21.8 Å². The minimum Gasteiger partial charge on any atom is -0.467 e. The Morgan fingerprint density at radius 2 is 2.21 bits per heavy atom. The number of furan rings is 1. The average molecular weight is 254 g/mol. The summed E-state index contributed by atoms with van der Waals surface area (Å²) in [7, 11) is 0. The summed E-state index contributed by atoms with van der Waals surface area (Å²) in [5, 5.41) is 3.86. The lowest BCUT2D eigenvalue weighted by atomic mass is 10.2. The molecule has 0 atom stereocenters. The molecule has 0 aliphatic rings. The van der Waals surface area contributed by atoms with Gasteiger partial charge in [-0.2, -0.15) is 0 Å². The topological polar surface area (TPSA) is 58.0 Å². The molecule has 0 aliphatic heterocycles. The van der Waals surface area contributed by atoms with Crippen LogP contribution in [0.15, 0.2) is 47.1 Å². The third kappa shape index (κ3) is 2.25. The first-order valence-corrected chi connectivity index (χ1v) is 6.13. The summed E-state index contributed by atoms with van der Waals surface area (Å²) in [6.07, 6.45) is 1.59. The molecule has 3 aromatic rings. The van der Waals surface area contributed by atoms with Crippen LogP contribution in [0.4, 0.5) is 0 Å². The fourth-order valence-corrected chi connectivity index (χ4v) is 2.11. The Morgan fingerprint density at radius 1 is 1.32 bits per heavy atom. The van der Waals surface area contributed by atoms with Gasteiger partial charge in [0, 0.05) is 10.9 Å². The monoisotopic (exact) mass is 254 g/mol. The molecule has 0 unspecified atom stereocenters. The van der Waals surface area contributed by atoms with Crippen LogP contribution in [0.5, 0.6) is 0 Å². The molecule has 1 amide bonds. The summed E-state index contributed by atoms with van der Waals surface area (Å²) >= 11 is 0. The van der Waals surface area contributed by atoms with E-state index in [1.54, 1.807) is 12.3 Å². The second kappa shape index (κ2) is 4.65. The fourth-order valence-electron chi connectivity index (χ4n) is 2.11. The van der Waals surface area contributed by atoms with Crippen molar-refractivity contribution >= 4 is 16.8 Å². The van der Waals surface area contributed by atoms with E-state index in [0.717, 1.165) is 22.2 Å². The predicted octanol–water partition coefficient (Wildman–Crippen LogP) is 3.00. The van der Waals surface area contributed by atoms with Crippen molar-refractivity contribution in [2.45, 2.75) is 13.5 Å². The highest BCUT2D eigenvalue weighted by Crippen LogP contribution is 2.18. The minimum atomic E-state index is -0.132. The molecule has 0 bridgehead atoms. The number of aromatic nitrogens is 1. The summed E-state index contributed by atoms with van der Waals surface area (Å²) in [6.45, 7) is 2.41. The number of amides is 1. The van der Waals surface area contributed by atoms with Crippen LogP contribution in [0.2, 0.25) is 0 Å². The number of para-hydroxylation sites is 1. The Labute approximate surface area is 110 Å². The maximum Gasteiger partial charge on any atom is 0.268 e. The maximum absolute atomic E-state index is 12.0. The van der Waals surface area contributed by atoms with Gasteiger partial charge in [-0.05, 0) is 30.7 Å². The first kappa shape index (κ1) is 11.6. The fraction of sp³-hybridized carbons (Fsp3) is 0.133. The van der Waals surface area contributed by atoms with Crippen molar-refractivity contribution in [2.75, 3.05) is 0 Å². The van der Waals surface area contributed by atoms with Gasteiger partial charge >= 0.3 is 0 Å². The molecule has 2 heterocycles. The largest absolute Gasteiger partial charge is 0.467 e. The van der Waals surface area contributed by atoms with Crippen molar-refractivity contribution in [1.82, 2.24) is 10.3 Å². The van der Waals surface area contributed by atoms with Gasteiger partial charge in [0.1, 0.15) is 11.5 Å². The number of aryl methyl sites for hydroxylation is 1. The van der Waals surface area contributed by atoms with Crippen molar-refractivity contribution in [1.29, 1.82) is 0 Å². The van der Waals surface area contributed by atoms with E-state index >= 15 is 0 Å². The molecule has 96 valence electrons. The van der Waals surface area contributed by atoms with Gasteiger partial charge < -0.3 is 14.7 Å². The van der Waals surface area contributed by atoms with Crippen molar-refractivity contribution < 1.29 is 9.21 Å². The van der Waals surface area contributed by atoms with Gasteiger partial charge in [0.05, 0.1) is 12.8 Å². The molecule has 2 N–H and O–H groups in total. The third-order valence-electron chi connectivity index (χ3n) is 3.11. The van der Waals surface area contributed by atoms with Gasteiger partial charge in [0.15, 0.2) is 0 Å². The third-order valence-corrected chi connectivity index (χ3v) is 3.11. The van der Waals surface area contributed by atoms with Crippen molar-refractivity contribution in [3.8, 4) is 0 Å². The molecule has 0 radical (unpaired) electrons. The first-order chi connectivity index (χ1) is 9.24. The van der Waals surface area contributed by atoms with E-state index in [1.807, 2.05) is 37.3 Å². The highest BCUT2D eigenvalue weighted by Gasteiger charge is 2.10. The van der Waals surface area contributed by atoms with E-state index in [2.05, 4.69) is 10.3 Å². The van der Waals surface area contributed by atoms with Crippen LogP contribution in [0.25, 0.3) is 10.9 Å². The predicted molar refractivity (Wildman–Crippen MR) is 72.9 cm³/mol. The number of nitrogens with one attached hydrogen (secondary N) is 2. The Bertz CT molecular complexity index is 711. The van der Waals surface area contributed by atoms with Gasteiger partial charge in [0.2, 0.25) is 0 Å². The van der Waals surface area contributed by atoms with Crippen LogP contribution >= 0.6 is 0 Å². The van der Waals surface area contributed by atoms with Crippen molar-refractivity contribution in [2.24, 2.45) is 0 Å². The summed E-state index contributed by atoms with van der Waals surface area (Å²) in [5.74, 6) is 0.604. The number of carbonyl (C=O) groups is 1. The lowest BCUT2D eigenvalue weighted by Crippen LogP contribution is -2.22. The Kier molecular flexibility index (Phi) is 2.83. The number of aromatic amines is 1. The van der Waals surface area contributed by atoms with E-state index in [0.29, 0.717) is 12.2 Å². The summed E-state index contributed by atoms with van der Waals surface area (Å²) in [4.78, 5) is 15.2. The van der Waals surface area contributed by atoms with Gasteiger partial charge in [-0.3, -0.25) is 4.79 Å².